The van der Waals surface area contributed by atoms with Crippen LogP contribution in [0, 0.1) is 27.7 Å². The smallest absolute Gasteiger partial charge is 1.00 e. The van der Waals surface area contributed by atoms with Gasteiger partial charge in [-0.25, -0.2) is 12.8 Å². The fourth-order valence-electron chi connectivity index (χ4n) is 3.82. The molecule has 0 heterocycles. The first kappa shape index (κ1) is 34.1. The first-order chi connectivity index (χ1) is 14.3. The quantitative estimate of drug-likeness (QED) is 0.289. The van der Waals surface area contributed by atoms with Crippen molar-refractivity contribution in [2.24, 2.45) is 0 Å². The number of halogens is 2. The number of hydrogen-bond acceptors (Lipinski definition) is 0. The molecule has 0 N–H and O–H groups in total. The predicted molar refractivity (Wildman–Crippen MR) is 137 cm³/mol. The normalized spacial score (nSPS) is 9.88. The molecule has 0 saturated heterocycles. The van der Waals surface area contributed by atoms with Gasteiger partial charge in [0, 0.05) is 0 Å². The first-order valence-electron chi connectivity index (χ1n) is 11.2. The summed E-state index contributed by atoms with van der Waals surface area (Å²) in [5.74, 6) is 1.23. The van der Waals surface area contributed by atoms with Crippen LogP contribution in [0.15, 0.2) is 60.7 Å². The SMILES string of the molecule is Cc1cc2c(C(C)C)cccc2[cH-]1.Cc1cc2c(C(C)C)cccc2[cH-]1.[CH2-]CC[CH2-].[Cl-].[Cl-].[Ti+2]. The Morgan fingerprint density at radius 3 is 1.27 bits per heavy atom. The van der Waals surface area contributed by atoms with E-state index in [1.807, 2.05) is 0 Å². The summed E-state index contributed by atoms with van der Waals surface area (Å²) in [6, 6.07) is 22.2. The summed E-state index contributed by atoms with van der Waals surface area (Å²) in [7, 11) is 0. The van der Waals surface area contributed by atoms with Crippen molar-refractivity contribution in [3.8, 4) is 0 Å². The van der Waals surface area contributed by atoms with Gasteiger partial charge in [-0.05, 0) is 11.8 Å². The summed E-state index contributed by atoms with van der Waals surface area (Å²) in [4.78, 5) is 0. The van der Waals surface area contributed by atoms with Crippen molar-refractivity contribution in [2.75, 3.05) is 0 Å². The second kappa shape index (κ2) is 16.6. The van der Waals surface area contributed by atoms with Crippen LogP contribution in [0.3, 0.4) is 0 Å². The molecule has 0 radical (unpaired) electrons. The van der Waals surface area contributed by atoms with Gasteiger partial charge in [0.2, 0.25) is 0 Å². The van der Waals surface area contributed by atoms with Crippen molar-refractivity contribution in [2.45, 2.75) is 66.2 Å². The van der Waals surface area contributed by atoms with Gasteiger partial charge in [0.05, 0.1) is 0 Å². The summed E-state index contributed by atoms with van der Waals surface area (Å²) in [5, 5.41) is 5.61. The van der Waals surface area contributed by atoms with E-state index in [9.17, 15) is 0 Å². The Morgan fingerprint density at radius 1 is 0.667 bits per heavy atom. The van der Waals surface area contributed by atoms with Gasteiger partial charge in [-0.15, -0.1) is 69.1 Å². The van der Waals surface area contributed by atoms with Crippen LogP contribution in [-0.4, -0.2) is 0 Å². The van der Waals surface area contributed by atoms with Gasteiger partial charge in [0.15, 0.2) is 0 Å². The summed E-state index contributed by atoms with van der Waals surface area (Å²) < 4.78 is 0. The molecule has 0 spiro atoms. The molecule has 0 nitrogen and oxygen atoms in total. The van der Waals surface area contributed by atoms with Crippen LogP contribution in [0.25, 0.3) is 21.5 Å². The van der Waals surface area contributed by atoms with Crippen molar-refractivity contribution in [3.63, 3.8) is 0 Å². The zero-order chi connectivity index (χ0) is 22.3. The number of hydrogen-bond donors (Lipinski definition) is 0. The zero-order valence-corrected chi connectivity index (χ0v) is 24.1. The summed E-state index contributed by atoms with van der Waals surface area (Å²) in [6.45, 7) is 20.4. The topological polar surface area (TPSA) is 0 Å². The van der Waals surface area contributed by atoms with Crippen LogP contribution in [0.1, 0.15) is 74.6 Å². The Morgan fingerprint density at radius 2 is 1.00 bits per heavy atom. The number of fused-ring (bicyclic) bond motifs is 2. The van der Waals surface area contributed by atoms with Gasteiger partial charge < -0.3 is 38.7 Å². The van der Waals surface area contributed by atoms with E-state index in [0.717, 1.165) is 12.8 Å². The monoisotopic (exact) mass is 516 g/mol. The average Bonchev–Trinajstić information content (AvgIpc) is 3.28. The Bertz CT molecular complexity index is 968. The van der Waals surface area contributed by atoms with Crippen LogP contribution in [0.2, 0.25) is 0 Å². The maximum atomic E-state index is 3.54. The number of benzene rings is 2. The van der Waals surface area contributed by atoms with Crippen LogP contribution >= 0.6 is 0 Å². The predicted octanol–water partition coefficient (Wildman–Crippen LogP) is 3.42. The molecule has 4 aromatic carbocycles. The summed E-state index contributed by atoms with van der Waals surface area (Å²) >= 11 is 0. The largest absolute Gasteiger partial charge is 2.00 e. The molecule has 4 rings (SSSR count). The van der Waals surface area contributed by atoms with E-state index in [1.165, 1.54) is 43.8 Å². The van der Waals surface area contributed by atoms with Gasteiger partial charge in [0.1, 0.15) is 0 Å². The van der Waals surface area contributed by atoms with Crippen molar-refractivity contribution >= 4 is 21.5 Å². The minimum Gasteiger partial charge on any atom is -1.00 e. The summed E-state index contributed by atoms with van der Waals surface area (Å²) in [5.41, 5.74) is 5.66. The van der Waals surface area contributed by atoms with Crippen molar-refractivity contribution < 1.29 is 46.5 Å². The second-order valence-electron chi connectivity index (χ2n) is 8.78. The second-order valence-corrected chi connectivity index (χ2v) is 8.78. The van der Waals surface area contributed by atoms with E-state index in [0.29, 0.717) is 11.8 Å². The number of aryl methyl sites for hydroxylation is 2. The van der Waals surface area contributed by atoms with E-state index in [-0.39, 0.29) is 46.5 Å². The van der Waals surface area contributed by atoms with E-state index < -0.39 is 0 Å². The molecule has 4 aromatic rings. The molecule has 0 amide bonds. The first-order valence-corrected chi connectivity index (χ1v) is 11.2. The molecule has 0 aromatic heterocycles. The number of unbranched alkanes of at least 4 members (excludes halogenated alkanes) is 1. The van der Waals surface area contributed by atoms with E-state index in [1.54, 1.807) is 0 Å². The standard InChI is InChI=1S/2C13H15.C4H8.2ClH.Ti/c2*1-9(2)12-6-4-5-11-7-10(3)8-13(11)12;1-3-4-2;;;/h2*4-9H,1-3H3;1-4H2;2*1H;/q2*-1;-2;;;+2/p-2. The minimum absolute atomic E-state index is 0. The molecule has 0 saturated carbocycles. The van der Waals surface area contributed by atoms with Crippen LogP contribution < -0.4 is 24.8 Å². The average molecular weight is 517 g/mol. The number of rotatable bonds is 3. The fraction of sp³-hybridized carbons (Fsp3) is 0.333. The molecule has 0 aliphatic heterocycles. The van der Waals surface area contributed by atoms with E-state index in [2.05, 4.69) is 116 Å². The Kier molecular flexibility index (Phi) is 17.1. The van der Waals surface area contributed by atoms with Crippen molar-refractivity contribution in [1.29, 1.82) is 0 Å². The minimum atomic E-state index is 0. The van der Waals surface area contributed by atoms with Crippen LogP contribution in [0.5, 0.6) is 0 Å². The summed E-state index contributed by atoms with van der Waals surface area (Å²) in [6.07, 6.45) is 1.92. The molecule has 33 heavy (non-hydrogen) atoms. The van der Waals surface area contributed by atoms with Crippen LogP contribution in [-0.2, 0) is 21.7 Å². The zero-order valence-electron chi connectivity index (χ0n) is 21.0. The Labute approximate surface area is 230 Å². The van der Waals surface area contributed by atoms with Gasteiger partial charge in [-0.2, -0.15) is 12.1 Å². The maximum Gasteiger partial charge on any atom is 2.00 e. The molecule has 0 unspecified atom stereocenters. The fourth-order valence-corrected chi connectivity index (χ4v) is 3.82. The van der Waals surface area contributed by atoms with Gasteiger partial charge in [-0.1, -0.05) is 64.8 Å². The molecule has 3 heteroatoms. The third kappa shape index (κ3) is 9.61. The molecular formula is C30H38Cl2Ti-4. The molecule has 0 bridgehead atoms. The molecule has 180 valence electrons. The van der Waals surface area contributed by atoms with Crippen molar-refractivity contribution in [3.05, 3.63) is 96.8 Å². The third-order valence-corrected chi connectivity index (χ3v) is 5.35. The Balaban J connectivity index is 0. The van der Waals surface area contributed by atoms with Gasteiger partial charge in [-0.3, -0.25) is 0 Å². The van der Waals surface area contributed by atoms with Gasteiger partial charge in [0.25, 0.3) is 0 Å². The van der Waals surface area contributed by atoms with E-state index >= 15 is 0 Å². The molecule has 0 fully saturated rings. The Hall–Kier alpha value is -1.05. The van der Waals surface area contributed by atoms with Gasteiger partial charge >= 0.3 is 21.7 Å². The molecule has 0 aliphatic carbocycles. The molecular weight excluding hydrogens is 479 g/mol. The van der Waals surface area contributed by atoms with Crippen molar-refractivity contribution in [1.82, 2.24) is 0 Å². The third-order valence-electron chi connectivity index (χ3n) is 5.35. The molecule has 0 atom stereocenters. The maximum absolute atomic E-state index is 3.54. The van der Waals surface area contributed by atoms with E-state index in [4.69, 9.17) is 0 Å². The molecule has 0 aliphatic rings. The van der Waals surface area contributed by atoms with Crippen LogP contribution in [0.4, 0.5) is 0 Å².